The first-order valence-corrected chi connectivity index (χ1v) is 6.24. The van der Waals surface area contributed by atoms with Gasteiger partial charge in [0, 0.05) is 25.3 Å². The van der Waals surface area contributed by atoms with E-state index in [1.54, 1.807) is 0 Å². The van der Waals surface area contributed by atoms with Crippen molar-refractivity contribution in [1.29, 1.82) is 0 Å². The van der Waals surface area contributed by atoms with Crippen LogP contribution in [0.2, 0.25) is 0 Å². The number of carbonyl (C=O) groups is 1. The lowest BCUT2D eigenvalue weighted by molar-refractivity contribution is -0.116. The summed E-state index contributed by atoms with van der Waals surface area (Å²) in [6.07, 6.45) is 1.83. The second-order valence-electron chi connectivity index (χ2n) is 4.54. The molecular formula is C13H22N4O. The van der Waals surface area contributed by atoms with Crippen LogP contribution in [0.15, 0.2) is 18.3 Å². The van der Waals surface area contributed by atoms with Gasteiger partial charge in [-0.2, -0.15) is 0 Å². The Kier molecular flexibility index (Phi) is 5.58. The molecule has 0 aliphatic carbocycles. The fourth-order valence-electron chi connectivity index (χ4n) is 1.57. The van der Waals surface area contributed by atoms with E-state index in [9.17, 15) is 4.79 Å². The predicted octanol–water partition coefficient (Wildman–Crippen LogP) is 0.891. The van der Waals surface area contributed by atoms with Crippen molar-refractivity contribution in [3.63, 3.8) is 0 Å². The number of nitrogens with zero attached hydrogens (tertiary/aromatic N) is 2. The third-order valence-electron chi connectivity index (χ3n) is 2.58. The molecule has 18 heavy (non-hydrogen) atoms. The molecule has 5 heteroatoms. The van der Waals surface area contributed by atoms with Gasteiger partial charge in [-0.15, -0.1) is 0 Å². The standard InChI is InChI=1S/C13H22N4O/c1-4-17(9-12(14)18)13-6-5-11(8-16-13)7-15-10(2)3/h5-6,8,10,15H,4,7,9H2,1-3H3,(H2,14,18). The molecule has 0 radical (unpaired) electrons. The summed E-state index contributed by atoms with van der Waals surface area (Å²) < 4.78 is 0. The smallest absolute Gasteiger partial charge is 0.236 e. The number of anilines is 1. The maximum absolute atomic E-state index is 10.9. The molecule has 0 aliphatic heterocycles. The van der Waals surface area contributed by atoms with Crippen molar-refractivity contribution < 1.29 is 4.79 Å². The highest BCUT2D eigenvalue weighted by Crippen LogP contribution is 2.10. The number of primary amides is 1. The quantitative estimate of drug-likeness (QED) is 0.754. The summed E-state index contributed by atoms with van der Waals surface area (Å²) in [5.41, 5.74) is 6.33. The number of nitrogens with two attached hydrogens (primary N) is 1. The van der Waals surface area contributed by atoms with Crippen molar-refractivity contribution >= 4 is 11.7 Å². The molecule has 0 saturated heterocycles. The highest BCUT2D eigenvalue weighted by atomic mass is 16.1. The SMILES string of the molecule is CCN(CC(N)=O)c1ccc(CNC(C)C)cn1. The summed E-state index contributed by atoms with van der Waals surface area (Å²) >= 11 is 0. The van der Waals surface area contributed by atoms with Crippen LogP contribution in [0, 0.1) is 0 Å². The third-order valence-corrected chi connectivity index (χ3v) is 2.58. The van der Waals surface area contributed by atoms with E-state index < -0.39 is 0 Å². The van der Waals surface area contributed by atoms with Crippen LogP contribution in [0.1, 0.15) is 26.3 Å². The first-order valence-electron chi connectivity index (χ1n) is 6.24. The van der Waals surface area contributed by atoms with E-state index in [1.165, 1.54) is 0 Å². The van der Waals surface area contributed by atoms with Gasteiger partial charge in [0.1, 0.15) is 5.82 Å². The van der Waals surface area contributed by atoms with Crippen molar-refractivity contribution in [2.45, 2.75) is 33.4 Å². The summed E-state index contributed by atoms with van der Waals surface area (Å²) in [5.74, 6) is 0.439. The topological polar surface area (TPSA) is 71.2 Å². The predicted molar refractivity (Wildman–Crippen MR) is 73.3 cm³/mol. The molecule has 0 saturated carbocycles. The summed E-state index contributed by atoms with van der Waals surface area (Å²) in [6.45, 7) is 7.89. The molecule has 0 fully saturated rings. The molecule has 0 spiro atoms. The van der Waals surface area contributed by atoms with Crippen LogP contribution < -0.4 is 16.0 Å². The van der Waals surface area contributed by atoms with Crippen LogP contribution in [-0.4, -0.2) is 30.0 Å². The van der Waals surface area contributed by atoms with Crippen molar-refractivity contribution in [1.82, 2.24) is 10.3 Å². The Morgan fingerprint density at radius 3 is 2.67 bits per heavy atom. The second-order valence-corrected chi connectivity index (χ2v) is 4.54. The lowest BCUT2D eigenvalue weighted by atomic mass is 10.2. The lowest BCUT2D eigenvalue weighted by Gasteiger charge is -2.20. The average molecular weight is 250 g/mol. The number of likely N-dealkylation sites (N-methyl/N-ethyl adjacent to an activating group) is 1. The van der Waals surface area contributed by atoms with Gasteiger partial charge in [-0.25, -0.2) is 4.98 Å². The minimum absolute atomic E-state index is 0.201. The Labute approximate surface area is 108 Å². The van der Waals surface area contributed by atoms with Crippen LogP contribution in [0.4, 0.5) is 5.82 Å². The summed E-state index contributed by atoms with van der Waals surface area (Å²) in [4.78, 5) is 17.1. The van der Waals surface area contributed by atoms with Gasteiger partial charge in [-0.05, 0) is 18.6 Å². The minimum Gasteiger partial charge on any atom is -0.368 e. The fourth-order valence-corrected chi connectivity index (χ4v) is 1.57. The maximum atomic E-state index is 10.9. The van der Waals surface area contributed by atoms with Gasteiger partial charge < -0.3 is 16.0 Å². The molecule has 100 valence electrons. The average Bonchev–Trinajstić information content (AvgIpc) is 2.34. The highest BCUT2D eigenvalue weighted by Gasteiger charge is 2.08. The molecule has 1 aromatic heterocycles. The fraction of sp³-hybridized carbons (Fsp3) is 0.538. The van der Waals surface area contributed by atoms with Gasteiger partial charge in [0.25, 0.3) is 0 Å². The molecule has 5 nitrogen and oxygen atoms in total. The summed E-state index contributed by atoms with van der Waals surface area (Å²) in [5, 5.41) is 3.33. The molecule has 0 aromatic carbocycles. The van der Waals surface area contributed by atoms with Gasteiger partial charge in [-0.3, -0.25) is 4.79 Å². The number of rotatable bonds is 7. The van der Waals surface area contributed by atoms with Crippen molar-refractivity contribution in [2.24, 2.45) is 5.73 Å². The Hall–Kier alpha value is -1.62. The van der Waals surface area contributed by atoms with Crippen LogP contribution in [-0.2, 0) is 11.3 Å². The van der Waals surface area contributed by atoms with Crippen LogP contribution in [0.25, 0.3) is 0 Å². The van der Waals surface area contributed by atoms with E-state index in [-0.39, 0.29) is 12.5 Å². The number of carbonyl (C=O) groups excluding carboxylic acids is 1. The van der Waals surface area contributed by atoms with Gasteiger partial charge in [-0.1, -0.05) is 19.9 Å². The van der Waals surface area contributed by atoms with E-state index in [2.05, 4.69) is 24.1 Å². The van der Waals surface area contributed by atoms with E-state index in [1.807, 2.05) is 30.2 Å². The Bertz CT molecular complexity index is 375. The largest absolute Gasteiger partial charge is 0.368 e. The van der Waals surface area contributed by atoms with Crippen molar-refractivity contribution in [3.8, 4) is 0 Å². The molecule has 1 heterocycles. The number of hydrogen-bond acceptors (Lipinski definition) is 4. The zero-order valence-corrected chi connectivity index (χ0v) is 11.3. The highest BCUT2D eigenvalue weighted by molar-refractivity contribution is 5.79. The molecule has 1 rings (SSSR count). The lowest BCUT2D eigenvalue weighted by Crippen LogP contribution is -2.34. The summed E-state index contributed by atoms with van der Waals surface area (Å²) in [6, 6.07) is 4.39. The van der Waals surface area contributed by atoms with Gasteiger partial charge >= 0.3 is 0 Å². The number of nitrogens with one attached hydrogen (secondary N) is 1. The maximum Gasteiger partial charge on any atom is 0.236 e. The molecule has 1 amide bonds. The zero-order chi connectivity index (χ0) is 13.5. The zero-order valence-electron chi connectivity index (χ0n) is 11.3. The second kappa shape index (κ2) is 6.96. The van der Waals surface area contributed by atoms with Crippen molar-refractivity contribution in [3.05, 3.63) is 23.9 Å². The molecule has 0 bridgehead atoms. The van der Waals surface area contributed by atoms with E-state index in [4.69, 9.17) is 5.73 Å². The van der Waals surface area contributed by atoms with E-state index >= 15 is 0 Å². The molecule has 0 aliphatic rings. The van der Waals surface area contributed by atoms with Crippen LogP contribution >= 0.6 is 0 Å². The van der Waals surface area contributed by atoms with Gasteiger partial charge in [0.05, 0.1) is 6.54 Å². The van der Waals surface area contributed by atoms with E-state index in [0.717, 1.165) is 17.9 Å². The van der Waals surface area contributed by atoms with Crippen molar-refractivity contribution in [2.75, 3.05) is 18.0 Å². The molecule has 3 N–H and O–H groups in total. The Morgan fingerprint density at radius 2 is 2.22 bits per heavy atom. The first-order chi connectivity index (χ1) is 8.52. The number of amides is 1. The Morgan fingerprint density at radius 1 is 1.50 bits per heavy atom. The van der Waals surface area contributed by atoms with Gasteiger partial charge in [0.2, 0.25) is 5.91 Å². The molecule has 0 unspecified atom stereocenters. The van der Waals surface area contributed by atoms with Crippen LogP contribution in [0.3, 0.4) is 0 Å². The molecule has 1 aromatic rings. The molecule has 0 atom stereocenters. The minimum atomic E-state index is -0.343. The van der Waals surface area contributed by atoms with Gasteiger partial charge in [0.15, 0.2) is 0 Å². The third kappa shape index (κ3) is 4.71. The number of hydrogen-bond donors (Lipinski definition) is 2. The normalized spacial score (nSPS) is 10.7. The number of aromatic nitrogens is 1. The van der Waals surface area contributed by atoms with E-state index in [0.29, 0.717) is 12.6 Å². The Balaban J connectivity index is 2.65. The molecular weight excluding hydrogens is 228 g/mol. The summed E-state index contributed by atoms with van der Waals surface area (Å²) in [7, 11) is 0. The number of pyridine rings is 1. The first kappa shape index (κ1) is 14.4. The monoisotopic (exact) mass is 250 g/mol. The van der Waals surface area contributed by atoms with Crippen LogP contribution in [0.5, 0.6) is 0 Å².